The highest BCUT2D eigenvalue weighted by Gasteiger charge is 2.06. The first-order chi connectivity index (χ1) is 11.7. The van der Waals surface area contributed by atoms with Gasteiger partial charge in [0.15, 0.2) is 5.96 Å². The molecule has 1 unspecified atom stereocenters. The van der Waals surface area contributed by atoms with Crippen LogP contribution >= 0.6 is 24.0 Å². The Morgan fingerprint density at radius 1 is 1.28 bits per heavy atom. The number of benzene rings is 1. The minimum atomic E-state index is -0.649. The van der Waals surface area contributed by atoms with Crippen molar-refractivity contribution in [1.29, 1.82) is 0 Å². The van der Waals surface area contributed by atoms with Gasteiger partial charge in [0.2, 0.25) is 0 Å². The van der Waals surface area contributed by atoms with Crippen LogP contribution in [-0.2, 0) is 4.74 Å². The minimum absolute atomic E-state index is 0. The summed E-state index contributed by atoms with van der Waals surface area (Å²) in [7, 11) is 0. The van der Waals surface area contributed by atoms with Crippen LogP contribution in [0.4, 0.5) is 0 Å². The summed E-state index contributed by atoms with van der Waals surface area (Å²) >= 11 is 0. The van der Waals surface area contributed by atoms with Gasteiger partial charge in [0.05, 0.1) is 6.54 Å². The summed E-state index contributed by atoms with van der Waals surface area (Å²) in [5.41, 5.74) is 1.13. The number of guanidine groups is 1. The summed E-state index contributed by atoms with van der Waals surface area (Å²) in [4.78, 5) is 4.38. The Balaban J connectivity index is 0.00000576. The van der Waals surface area contributed by atoms with E-state index >= 15 is 0 Å². The highest BCUT2D eigenvalue weighted by atomic mass is 127. The lowest BCUT2D eigenvalue weighted by atomic mass is 10.2. The molecule has 0 amide bonds. The van der Waals surface area contributed by atoms with Crippen molar-refractivity contribution < 1.29 is 14.6 Å². The molecule has 0 heterocycles. The third-order valence-electron chi connectivity index (χ3n) is 3.20. The smallest absolute Gasteiger partial charge is 0.191 e. The average Bonchev–Trinajstić information content (AvgIpc) is 2.57. The van der Waals surface area contributed by atoms with E-state index in [1.54, 1.807) is 0 Å². The van der Waals surface area contributed by atoms with E-state index in [0.29, 0.717) is 5.96 Å². The summed E-state index contributed by atoms with van der Waals surface area (Å²) in [6.45, 7) is 9.52. The number of ether oxygens (including phenoxy) is 2. The molecule has 0 aliphatic rings. The average molecular weight is 465 g/mol. The maximum Gasteiger partial charge on any atom is 0.191 e. The van der Waals surface area contributed by atoms with Crippen molar-refractivity contribution >= 4 is 29.9 Å². The lowest BCUT2D eigenvalue weighted by molar-refractivity contribution is 0.114. The molecule has 25 heavy (non-hydrogen) atoms. The van der Waals surface area contributed by atoms with Gasteiger partial charge in [-0.1, -0.05) is 12.1 Å². The zero-order chi connectivity index (χ0) is 17.6. The Labute approximate surface area is 168 Å². The molecule has 1 aromatic carbocycles. The molecule has 0 saturated heterocycles. The molecule has 0 bridgehead atoms. The van der Waals surface area contributed by atoms with E-state index in [4.69, 9.17) is 9.47 Å². The van der Waals surface area contributed by atoms with E-state index in [-0.39, 0.29) is 37.1 Å². The number of rotatable bonds is 11. The molecule has 6 nitrogen and oxygen atoms in total. The molecule has 0 saturated carbocycles. The van der Waals surface area contributed by atoms with Crippen molar-refractivity contribution in [2.24, 2.45) is 4.99 Å². The van der Waals surface area contributed by atoms with Crippen LogP contribution < -0.4 is 15.4 Å². The molecule has 1 aromatic rings. The first-order valence-corrected chi connectivity index (χ1v) is 8.63. The lowest BCUT2D eigenvalue weighted by Crippen LogP contribution is -2.39. The van der Waals surface area contributed by atoms with Gasteiger partial charge in [0, 0.05) is 26.3 Å². The van der Waals surface area contributed by atoms with E-state index in [2.05, 4.69) is 15.6 Å². The Hall–Kier alpha value is -1.06. The van der Waals surface area contributed by atoms with E-state index in [9.17, 15) is 5.11 Å². The zero-order valence-electron chi connectivity index (χ0n) is 15.5. The fourth-order valence-electron chi connectivity index (χ4n) is 2.01. The van der Waals surface area contributed by atoms with Crippen molar-refractivity contribution in [2.45, 2.75) is 33.3 Å². The van der Waals surface area contributed by atoms with Gasteiger partial charge in [-0.15, -0.1) is 24.0 Å². The van der Waals surface area contributed by atoms with Crippen LogP contribution in [0, 0.1) is 6.92 Å². The third-order valence-corrected chi connectivity index (χ3v) is 3.20. The van der Waals surface area contributed by atoms with Gasteiger partial charge < -0.3 is 25.2 Å². The Morgan fingerprint density at radius 2 is 2.08 bits per heavy atom. The van der Waals surface area contributed by atoms with Gasteiger partial charge in [-0.05, 0) is 44.9 Å². The van der Waals surface area contributed by atoms with Crippen molar-refractivity contribution in [1.82, 2.24) is 10.6 Å². The van der Waals surface area contributed by atoms with Gasteiger partial charge in [-0.3, -0.25) is 4.99 Å². The van der Waals surface area contributed by atoms with E-state index in [0.717, 1.165) is 44.0 Å². The maximum absolute atomic E-state index is 10.0. The fraction of sp³-hybridized carbons (Fsp3) is 0.611. The molecule has 0 radical (unpaired) electrons. The van der Waals surface area contributed by atoms with Crippen LogP contribution in [0.15, 0.2) is 29.3 Å². The van der Waals surface area contributed by atoms with Gasteiger partial charge >= 0.3 is 0 Å². The third kappa shape index (κ3) is 12.0. The van der Waals surface area contributed by atoms with Crippen molar-refractivity contribution in [3.8, 4) is 5.75 Å². The monoisotopic (exact) mass is 465 g/mol. The summed E-state index contributed by atoms with van der Waals surface area (Å²) in [6, 6.07) is 7.77. The molecule has 0 aromatic heterocycles. The number of aliphatic hydroxyl groups excluding tert-OH is 1. The van der Waals surface area contributed by atoms with Crippen LogP contribution in [0.5, 0.6) is 5.75 Å². The van der Waals surface area contributed by atoms with Gasteiger partial charge in [0.1, 0.15) is 18.5 Å². The lowest BCUT2D eigenvalue weighted by Gasteiger charge is -2.14. The van der Waals surface area contributed by atoms with Crippen LogP contribution in [0.2, 0.25) is 0 Å². The summed E-state index contributed by atoms with van der Waals surface area (Å²) in [5.74, 6) is 1.46. The first kappa shape index (κ1) is 23.9. The Bertz CT molecular complexity index is 486. The second kappa shape index (κ2) is 15.2. The largest absolute Gasteiger partial charge is 0.491 e. The van der Waals surface area contributed by atoms with Crippen LogP contribution in [0.25, 0.3) is 0 Å². The predicted molar refractivity (Wildman–Crippen MR) is 113 cm³/mol. The number of hydrogen-bond donors (Lipinski definition) is 3. The topological polar surface area (TPSA) is 75.1 Å². The van der Waals surface area contributed by atoms with Crippen molar-refractivity contribution in [3.05, 3.63) is 29.8 Å². The summed E-state index contributed by atoms with van der Waals surface area (Å²) in [5, 5.41) is 16.4. The van der Waals surface area contributed by atoms with E-state index in [1.165, 1.54) is 0 Å². The van der Waals surface area contributed by atoms with E-state index in [1.807, 2.05) is 45.0 Å². The molecular weight excluding hydrogens is 433 g/mol. The second-order valence-electron chi connectivity index (χ2n) is 5.48. The number of halogens is 1. The van der Waals surface area contributed by atoms with Crippen LogP contribution in [0.1, 0.15) is 25.8 Å². The second-order valence-corrected chi connectivity index (χ2v) is 5.48. The zero-order valence-corrected chi connectivity index (χ0v) is 17.8. The summed E-state index contributed by atoms with van der Waals surface area (Å²) in [6.07, 6.45) is 0.265. The maximum atomic E-state index is 10.0. The molecular formula is C18H32IN3O3. The molecule has 7 heteroatoms. The number of aliphatic hydroxyl groups is 1. The number of aryl methyl sites for hydroxylation is 1. The molecule has 0 aliphatic heterocycles. The standard InChI is InChI=1S/C18H31N3O3.HI/c1-4-19-18(20-10-7-11-23-5-2)21-13-16(22)14-24-17-9-6-8-15(3)12-17;/h6,8-9,12,16,22H,4-5,7,10-11,13-14H2,1-3H3,(H2,19,20,21);1H. The minimum Gasteiger partial charge on any atom is -0.491 e. The molecule has 3 N–H and O–H groups in total. The van der Waals surface area contributed by atoms with Crippen LogP contribution in [0.3, 0.4) is 0 Å². The molecule has 1 rings (SSSR count). The molecule has 144 valence electrons. The molecule has 1 atom stereocenters. The summed E-state index contributed by atoms with van der Waals surface area (Å²) < 4.78 is 10.9. The molecule has 0 aliphatic carbocycles. The van der Waals surface area contributed by atoms with Crippen LogP contribution in [-0.4, -0.2) is 56.6 Å². The normalized spacial score (nSPS) is 12.2. The van der Waals surface area contributed by atoms with Gasteiger partial charge in [-0.25, -0.2) is 0 Å². The fourth-order valence-corrected chi connectivity index (χ4v) is 2.01. The highest BCUT2D eigenvalue weighted by Crippen LogP contribution is 2.12. The van der Waals surface area contributed by atoms with Gasteiger partial charge in [-0.2, -0.15) is 0 Å². The predicted octanol–water partition coefficient (Wildman–Crippen LogP) is 2.33. The number of nitrogens with zero attached hydrogens (tertiary/aromatic N) is 1. The quantitative estimate of drug-likeness (QED) is 0.203. The Kier molecular flexibility index (Phi) is 14.6. The van der Waals surface area contributed by atoms with Crippen molar-refractivity contribution in [2.75, 3.05) is 39.5 Å². The first-order valence-electron chi connectivity index (χ1n) is 8.63. The number of hydrogen-bond acceptors (Lipinski definition) is 4. The number of aliphatic imine (C=N–C) groups is 1. The molecule has 0 spiro atoms. The Morgan fingerprint density at radius 3 is 2.76 bits per heavy atom. The number of nitrogens with one attached hydrogen (secondary N) is 2. The van der Waals surface area contributed by atoms with Crippen molar-refractivity contribution in [3.63, 3.8) is 0 Å². The highest BCUT2D eigenvalue weighted by molar-refractivity contribution is 14.0. The van der Waals surface area contributed by atoms with Gasteiger partial charge in [0.25, 0.3) is 0 Å². The molecule has 0 fully saturated rings. The SMILES string of the molecule is CCNC(=NCC(O)COc1cccc(C)c1)NCCCOCC.I. The van der Waals surface area contributed by atoms with E-state index < -0.39 is 6.10 Å².